The van der Waals surface area contributed by atoms with Gasteiger partial charge in [-0.25, -0.2) is 4.99 Å². The van der Waals surface area contributed by atoms with E-state index in [2.05, 4.69) is 21.9 Å². The summed E-state index contributed by atoms with van der Waals surface area (Å²) in [6, 6.07) is 4.09. The second-order valence-electron chi connectivity index (χ2n) is 6.55. The number of aromatic nitrogens is 2. The van der Waals surface area contributed by atoms with Gasteiger partial charge in [0.2, 0.25) is 0 Å². The molecule has 3 aromatic rings. The number of ketones is 1. The SMILES string of the molecule is C=Nc1[nH]cc(C(=O)c2ccc(C(F)(F)F)cc2)c1/C=C(\C)c1c(C)noc1C. The first-order chi connectivity index (χ1) is 13.6. The summed E-state index contributed by atoms with van der Waals surface area (Å²) < 4.78 is 43.5. The normalized spacial score (nSPS) is 12.3. The third-order valence-electron chi connectivity index (χ3n) is 4.56. The maximum absolute atomic E-state index is 12.9. The van der Waals surface area contributed by atoms with Crippen molar-refractivity contribution in [2.45, 2.75) is 26.9 Å². The number of nitrogens with one attached hydrogen (secondary N) is 1. The molecule has 0 radical (unpaired) electrons. The molecule has 8 heteroatoms. The van der Waals surface area contributed by atoms with Gasteiger partial charge in [0.05, 0.1) is 11.3 Å². The Balaban J connectivity index is 2.04. The van der Waals surface area contributed by atoms with Crippen molar-refractivity contribution in [3.63, 3.8) is 0 Å². The molecule has 2 aromatic heterocycles. The summed E-state index contributed by atoms with van der Waals surface area (Å²) >= 11 is 0. The number of nitrogens with zero attached hydrogens (tertiary/aromatic N) is 2. The topological polar surface area (TPSA) is 71.2 Å². The first-order valence-corrected chi connectivity index (χ1v) is 8.65. The van der Waals surface area contributed by atoms with Gasteiger partial charge >= 0.3 is 6.18 Å². The van der Waals surface area contributed by atoms with Crippen LogP contribution in [0.15, 0.2) is 40.0 Å². The van der Waals surface area contributed by atoms with Crippen LogP contribution in [0.25, 0.3) is 11.6 Å². The minimum atomic E-state index is -4.46. The number of alkyl halides is 3. The maximum atomic E-state index is 12.9. The Morgan fingerprint density at radius 3 is 2.41 bits per heavy atom. The smallest absolute Gasteiger partial charge is 0.361 e. The van der Waals surface area contributed by atoms with Crippen molar-refractivity contribution in [3.05, 3.63) is 69.7 Å². The van der Waals surface area contributed by atoms with E-state index in [9.17, 15) is 18.0 Å². The molecule has 1 N–H and O–H groups in total. The first-order valence-electron chi connectivity index (χ1n) is 8.65. The molecule has 0 saturated heterocycles. The number of aliphatic imine (C=N–C) groups is 1. The van der Waals surface area contributed by atoms with Gasteiger partial charge in [-0.1, -0.05) is 17.3 Å². The van der Waals surface area contributed by atoms with E-state index in [4.69, 9.17) is 4.52 Å². The molecule has 1 aromatic carbocycles. The quantitative estimate of drug-likeness (QED) is 0.436. The van der Waals surface area contributed by atoms with E-state index in [0.717, 1.165) is 35.4 Å². The van der Waals surface area contributed by atoms with Crippen LogP contribution in [-0.4, -0.2) is 22.6 Å². The minimum absolute atomic E-state index is 0.136. The molecule has 0 aliphatic heterocycles. The average Bonchev–Trinajstić information content (AvgIpc) is 3.23. The maximum Gasteiger partial charge on any atom is 0.416 e. The summed E-state index contributed by atoms with van der Waals surface area (Å²) in [5.41, 5.74) is 2.40. The molecule has 0 bridgehead atoms. The second-order valence-corrected chi connectivity index (χ2v) is 6.55. The fourth-order valence-corrected chi connectivity index (χ4v) is 3.19. The van der Waals surface area contributed by atoms with E-state index in [-0.39, 0.29) is 11.1 Å². The molecular weight excluding hydrogens is 383 g/mol. The van der Waals surface area contributed by atoms with Gasteiger partial charge in [0, 0.05) is 28.5 Å². The highest BCUT2D eigenvalue weighted by Crippen LogP contribution is 2.32. The number of aryl methyl sites for hydroxylation is 2. The molecule has 0 saturated carbocycles. The summed E-state index contributed by atoms with van der Waals surface area (Å²) in [5.74, 6) is 0.588. The molecule has 0 amide bonds. The van der Waals surface area contributed by atoms with E-state index in [1.165, 1.54) is 6.20 Å². The van der Waals surface area contributed by atoms with Crippen molar-refractivity contribution >= 4 is 30.0 Å². The van der Waals surface area contributed by atoms with Crippen molar-refractivity contribution < 1.29 is 22.5 Å². The predicted octanol–water partition coefficient (Wildman–Crippen LogP) is 5.76. The van der Waals surface area contributed by atoms with Gasteiger partial charge in [-0.15, -0.1) is 0 Å². The highest BCUT2D eigenvalue weighted by molar-refractivity contribution is 6.12. The average molecular weight is 401 g/mol. The zero-order valence-electron chi connectivity index (χ0n) is 16.0. The van der Waals surface area contributed by atoms with Crippen LogP contribution in [-0.2, 0) is 6.18 Å². The molecule has 29 heavy (non-hydrogen) atoms. The van der Waals surface area contributed by atoms with Crippen LogP contribution in [0.2, 0.25) is 0 Å². The van der Waals surface area contributed by atoms with Crippen LogP contribution in [0.1, 0.15) is 51.0 Å². The van der Waals surface area contributed by atoms with E-state index < -0.39 is 17.5 Å². The number of H-pyrrole nitrogens is 1. The number of hydrogen-bond acceptors (Lipinski definition) is 4. The third-order valence-corrected chi connectivity index (χ3v) is 4.56. The number of benzene rings is 1. The third kappa shape index (κ3) is 3.91. The van der Waals surface area contributed by atoms with Gasteiger partial charge in [0.1, 0.15) is 11.6 Å². The fraction of sp³-hybridized carbons (Fsp3) is 0.190. The van der Waals surface area contributed by atoms with Crippen molar-refractivity contribution in [2.75, 3.05) is 0 Å². The summed E-state index contributed by atoms with van der Waals surface area (Å²) in [6.07, 6.45) is -1.24. The number of carbonyl (C=O) groups is 1. The second kappa shape index (κ2) is 7.54. The standard InChI is InChI=1S/C21H18F3N3O2/c1-11(18-12(2)27-29-13(18)3)9-16-17(10-26-20(16)25-4)19(28)14-5-7-15(8-6-14)21(22,23)24/h5-10,26H,4H2,1-3H3/b11-9+. The molecule has 2 heterocycles. The Morgan fingerprint density at radius 2 is 1.90 bits per heavy atom. The Bertz CT molecular complexity index is 1080. The highest BCUT2D eigenvalue weighted by atomic mass is 19.4. The van der Waals surface area contributed by atoms with E-state index >= 15 is 0 Å². The number of hydrogen-bond donors (Lipinski definition) is 1. The predicted molar refractivity (Wildman–Crippen MR) is 104 cm³/mol. The van der Waals surface area contributed by atoms with Crippen LogP contribution in [0.3, 0.4) is 0 Å². The zero-order chi connectivity index (χ0) is 21.3. The van der Waals surface area contributed by atoms with Gasteiger partial charge < -0.3 is 9.51 Å². The molecule has 0 spiro atoms. The monoisotopic (exact) mass is 401 g/mol. The van der Waals surface area contributed by atoms with Gasteiger partial charge in [-0.2, -0.15) is 13.2 Å². The summed E-state index contributed by atoms with van der Waals surface area (Å²) in [4.78, 5) is 19.7. The summed E-state index contributed by atoms with van der Waals surface area (Å²) in [7, 11) is 0. The van der Waals surface area contributed by atoms with Crippen LogP contribution in [0.4, 0.5) is 19.0 Å². The van der Waals surface area contributed by atoms with Crippen LogP contribution in [0, 0.1) is 13.8 Å². The molecule has 0 aliphatic rings. The molecule has 0 fully saturated rings. The van der Waals surface area contributed by atoms with Crippen molar-refractivity contribution in [2.24, 2.45) is 4.99 Å². The van der Waals surface area contributed by atoms with Crippen molar-refractivity contribution in [1.29, 1.82) is 0 Å². The van der Waals surface area contributed by atoms with Gasteiger partial charge in [0.25, 0.3) is 0 Å². The largest absolute Gasteiger partial charge is 0.416 e. The van der Waals surface area contributed by atoms with Crippen molar-refractivity contribution in [3.8, 4) is 0 Å². The van der Waals surface area contributed by atoms with Crippen LogP contribution >= 0.6 is 0 Å². The zero-order valence-corrected chi connectivity index (χ0v) is 16.0. The van der Waals surface area contributed by atoms with Crippen LogP contribution < -0.4 is 0 Å². The fourth-order valence-electron chi connectivity index (χ4n) is 3.19. The number of halogens is 3. The molecular formula is C21H18F3N3O2. The van der Waals surface area contributed by atoms with E-state index in [1.807, 2.05) is 6.92 Å². The molecule has 0 aliphatic carbocycles. The molecule has 5 nitrogen and oxygen atoms in total. The highest BCUT2D eigenvalue weighted by Gasteiger charge is 2.30. The molecule has 0 atom stereocenters. The Morgan fingerprint density at radius 1 is 1.24 bits per heavy atom. The summed E-state index contributed by atoms with van der Waals surface area (Å²) in [5, 5.41) is 3.92. The molecule has 150 valence electrons. The lowest BCUT2D eigenvalue weighted by Gasteiger charge is -2.07. The number of rotatable bonds is 5. The Labute approximate surface area is 165 Å². The van der Waals surface area contributed by atoms with E-state index in [0.29, 0.717) is 22.8 Å². The minimum Gasteiger partial charge on any atom is -0.361 e. The molecule has 0 unspecified atom stereocenters. The lowest BCUT2D eigenvalue weighted by molar-refractivity contribution is -0.137. The van der Waals surface area contributed by atoms with Gasteiger partial charge in [0.15, 0.2) is 5.78 Å². The number of carbonyl (C=O) groups excluding carboxylic acids is 1. The van der Waals surface area contributed by atoms with Gasteiger partial charge in [-0.05, 0) is 51.3 Å². The lowest BCUT2D eigenvalue weighted by Crippen LogP contribution is -2.07. The lowest BCUT2D eigenvalue weighted by atomic mass is 9.97. The molecule has 3 rings (SSSR count). The summed E-state index contributed by atoms with van der Waals surface area (Å²) in [6.45, 7) is 8.94. The first kappa shape index (κ1) is 20.3. The van der Waals surface area contributed by atoms with E-state index in [1.54, 1.807) is 19.9 Å². The van der Waals surface area contributed by atoms with Crippen molar-refractivity contribution in [1.82, 2.24) is 10.1 Å². The van der Waals surface area contributed by atoms with Gasteiger partial charge in [-0.3, -0.25) is 4.79 Å². The number of aromatic amines is 1. The Hall–Kier alpha value is -3.42. The Kier molecular flexibility index (Phi) is 5.28. The van der Waals surface area contributed by atoms with Crippen LogP contribution in [0.5, 0.6) is 0 Å². The number of allylic oxidation sites excluding steroid dienone is 1.